The highest BCUT2D eigenvalue weighted by molar-refractivity contribution is 9.09. The maximum absolute atomic E-state index is 11.2. The Hall–Kier alpha value is 0.390. The number of halogens is 1. The van der Waals surface area contributed by atoms with E-state index >= 15 is 0 Å². The second-order valence-electron chi connectivity index (χ2n) is 2.61. The van der Waals surface area contributed by atoms with Crippen molar-refractivity contribution in [3.05, 3.63) is 0 Å². The monoisotopic (exact) mass is 241 g/mol. The van der Waals surface area contributed by atoms with E-state index < -0.39 is 10.0 Å². The van der Waals surface area contributed by atoms with Crippen molar-refractivity contribution in [2.24, 2.45) is 0 Å². The molecule has 3 nitrogen and oxygen atoms in total. The van der Waals surface area contributed by atoms with Crippen LogP contribution in [0.4, 0.5) is 0 Å². The molecule has 0 unspecified atom stereocenters. The molecule has 11 heavy (non-hydrogen) atoms. The molecule has 0 aliphatic carbocycles. The van der Waals surface area contributed by atoms with E-state index in [1.165, 1.54) is 0 Å². The Labute approximate surface area is 75.9 Å². The smallest absolute Gasteiger partial charge is 0.212 e. The Morgan fingerprint density at radius 1 is 1.45 bits per heavy atom. The zero-order valence-electron chi connectivity index (χ0n) is 6.29. The van der Waals surface area contributed by atoms with E-state index in [0.29, 0.717) is 12.3 Å². The molecule has 0 N–H and O–H groups in total. The van der Waals surface area contributed by atoms with Crippen molar-refractivity contribution < 1.29 is 8.42 Å². The first kappa shape index (κ1) is 9.48. The van der Waals surface area contributed by atoms with Gasteiger partial charge in [-0.05, 0) is 12.8 Å². The van der Waals surface area contributed by atoms with Gasteiger partial charge in [0.15, 0.2) is 0 Å². The lowest BCUT2D eigenvalue weighted by molar-refractivity contribution is 0.444. The van der Waals surface area contributed by atoms with Gasteiger partial charge in [0.05, 0.1) is 5.75 Å². The van der Waals surface area contributed by atoms with E-state index in [2.05, 4.69) is 15.9 Å². The lowest BCUT2D eigenvalue weighted by Crippen LogP contribution is -2.26. The summed E-state index contributed by atoms with van der Waals surface area (Å²) in [6.07, 6.45) is 1.70. The van der Waals surface area contributed by atoms with Crippen LogP contribution in [-0.2, 0) is 10.0 Å². The Balaban J connectivity index is 2.45. The van der Waals surface area contributed by atoms with E-state index in [1.54, 1.807) is 4.31 Å². The van der Waals surface area contributed by atoms with Crippen molar-refractivity contribution >= 4 is 26.0 Å². The Bertz CT molecular complexity index is 215. The van der Waals surface area contributed by atoms with Gasteiger partial charge >= 0.3 is 0 Å². The second kappa shape index (κ2) is 3.87. The highest BCUT2D eigenvalue weighted by Gasteiger charge is 2.26. The molecule has 1 rings (SSSR count). The molecule has 1 aliphatic heterocycles. The largest absolute Gasteiger partial charge is 0.214 e. The van der Waals surface area contributed by atoms with E-state index in [9.17, 15) is 8.42 Å². The topological polar surface area (TPSA) is 37.4 Å². The van der Waals surface area contributed by atoms with Gasteiger partial charge in [-0.1, -0.05) is 15.9 Å². The van der Waals surface area contributed by atoms with E-state index in [-0.39, 0.29) is 0 Å². The highest BCUT2D eigenvalue weighted by Crippen LogP contribution is 2.13. The van der Waals surface area contributed by atoms with E-state index in [1.807, 2.05) is 0 Å². The van der Waals surface area contributed by atoms with Crippen LogP contribution in [-0.4, -0.2) is 36.9 Å². The minimum absolute atomic E-state index is 0.343. The van der Waals surface area contributed by atoms with Gasteiger partial charge in [-0.3, -0.25) is 0 Å². The molecule has 0 spiro atoms. The highest BCUT2D eigenvalue weighted by atomic mass is 79.9. The molecule has 0 amide bonds. The summed E-state index contributed by atoms with van der Waals surface area (Å²) < 4.78 is 23.9. The van der Waals surface area contributed by atoms with Gasteiger partial charge in [0.1, 0.15) is 0 Å². The minimum Gasteiger partial charge on any atom is -0.212 e. The van der Waals surface area contributed by atoms with Crippen LogP contribution >= 0.6 is 15.9 Å². The summed E-state index contributed by atoms with van der Waals surface area (Å²) in [5, 5.41) is 0.874. The average Bonchev–Trinajstić information content (AvgIpc) is 2.25. The minimum atomic E-state index is -2.85. The predicted molar refractivity (Wildman–Crippen MR) is 48.4 cm³/mol. The number of sulfonamides is 1. The maximum atomic E-state index is 11.2. The van der Waals surface area contributed by atoms with Crippen molar-refractivity contribution in [1.82, 2.24) is 4.31 Å². The fraction of sp³-hybridized carbons (Fsp3) is 1.00. The molecule has 1 saturated heterocycles. The molecule has 0 atom stereocenters. The third-order valence-corrected chi connectivity index (χ3v) is 4.26. The lowest BCUT2D eigenvalue weighted by atomic mass is 10.4. The standard InChI is InChI=1S/C6H12BrNO2S/c7-3-1-4-8-5-2-6-11(8,9)10/h1-6H2. The van der Waals surface area contributed by atoms with Crippen LogP contribution in [0.25, 0.3) is 0 Å². The molecule has 1 heterocycles. The average molecular weight is 242 g/mol. The van der Waals surface area contributed by atoms with Crippen LogP contribution in [0.3, 0.4) is 0 Å². The molecule has 0 aromatic carbocycles. The van der Waals surface area contributed by atoms with Gasteiger partial charge in [-0.15, -0.1) is 0 Å². The first-order valence-electron chi connectivity index (χ1n) is 3.70. The van der Waals surface area contributed by atoms with E-state index in [0.717, 1.165) is 24.7 Å². The lowest BCUT2D eigenvalue weighted by Gasteiger charge is -2.12. The van der Waals surface area contributed by atoms with Crippen molar-refractivity contribution in [3.8, 4) is 0 Å². The number of alkyl halides is 1. The molecule has 0 saturated carbocycles. The number of rotatable bonds is 3. The molecule has 0 radical (unpaired) electrons. The maximum Gasteiger partial charge on any atom is 0.214 e. The van der Waals surface area contributed by atoms with Gasteiger partial charge in [-0.25, -0.2) is 12.7 Å². The second-order valence-corrected chi connectivity index (χ2v) is 5.49. The molecule has 1 fully saturated rings. The summed E-state index contributed by atoms with van der Waals surface area (Å²) in [6, 6.07) is 0. The first-order valence-corrected chi connectivity index (χ1v) is 6.43. The Morgan fingerprint density at radius 3 is 2.64 bits per heavy atom. The van der Waals surface area contributed by atoms with Gasteiger partial charge in [0.25, 0.3) is 0 Å². The molecule has 66 valence electrons. The zero-order chi connectivity index (χ0) is 8.32. The van der Waals surface area contributed by atoms with Crippen LogP contribution in [0.1, 0.15) is 12.8 Å². The number of hydrogen-bond donors (Lipinski definition) is 0. The van der Waals surface area contributed by atoms with Gasteiger partial charge in [0.2, 0.25) is 10.0 Å². The zero-order valence-corrected chi connectivity index (χ0v) is 8.70. The normalized spacial score (nSPS) is 24.1. The molecule has 0 aromatic heterocycles. The number of nitrogens with zero attached hydrogens (tertiary/aromatic N) is 1. The summed E-state index contributed by atoms with van der Waals surface area (Å²) in [4.78, 5) is 0. The Kier molecular flexibility index (Phi) is 3.33. The third kappa shape index (κ3) is 2.42. The molecule has 1 aliphatic rings. The molecule has 0 bridgehead atoms. The quantitative estimate of drug-likeness (QED) is 0.687. The van der Waals surface area contributed by atoms with E-state index in [4.69, 9.17) is 0 Å². The first-order chi connectivity index (χ1) is 5.17. The Morgan fingerprint density at radius 2 is 2.18 bits per heavy atom. The van der Waals surface area contributed by atoms with Crippen LogP contribution in [0.5, 0.6) is 0 Å². The fourth-order valence-corrected chi connectivity index (χ4v) is 3.00. The summed E-state index contributed by atoms with van der Waals surface area (Å²) in [5.41, 5.74) is 0. The van der Waals surface area contributed by atoms with Crippen LogP contribution in [0.2, 0.25) is 0 Å². The van der Waals surface area contributed by atoms with Crippen LogP contribution < -0.4 is 0 Å². The summed E-state index contributed by atoms with van der Waals surface area (Å²) in [6.45, 7) is 1.39. The molecule has 5 heteroatoms. The van der Waals surface area contributed by atoms with Crippen molar-refractivity contribution in [1.29, 1.82) is 0 Å². The molecular formula is C6H12BrNO2S. The van der Waals surface area contributed by atoms with Gasteiger partial charge in [-0.2, -0.15) is 0 Å². The molecule has 0 aromatic rings. The summed E-state index contributed by atoms with van der Waals surface area (Å²) in [7, 11) is -2.85. The van der Waals surface area contributed by atoms with Crippen LogP contribution in [0, 0.1) is 0 Å². The fourth-order valence-electron chi connectivity index (χ4n) is 1.18. The van der Waals surface area contributed by atoms with Crippen molar-refractivity contribution in [3.63, 3.8) is 0 Å². The predicted octanol–water partition coefficient (Wildman–Crippen LogP) is 0.807. The van der Waals surface area contributed by atoms with Crippen LogP contribution in [0.15, 0.2) is 0 Å². The SMILES string of the molecule is O=S1(=O)CCCN1CCCBr. The summed E-state index contributed by atoms with van der Waals surface area (Å²) in [5.74, 6) is 0.343. The summed E-state index contributed by atoms with van der Waals surface area (Å²) >= 11 is 3.27. The van der Waals surface area contributed by atoms with Crippen molar-refractivity contribution in [2.75, 3.05) is 24.2 Å². The van der Waals surface area contributed by atoms with Gasteiger partial charge in [0, 0.05) is 18.4 Å². The third-order valence-electron chi connectivity index (χ3n) is 1.74. The van der Waals surface area contributed by atoms with Crippen molar-refractivity contribution in [2.45, 2.75) is 12.8 Å². The number of hydrogen-bond acceptors (Lipinski definition) is 2. The molecular weight excluding hydrogens is 230 g/mol. The van der Waals surface area contributed by atoms with Gasteiger partial charge < -0.3 is 0 Å².